The summed E-state index contributed by atoms with van der Waals surface area (Å²) in [6.45, 7) is 6.26. The van der Waals surface area contributed by atoms with Crippen molar-refractivity contribution >= 4 is 9.84 Å². The first-order valence-electron chi connectivity index (χ1n) is 6.84. The molecule has 0 spiro atoms. The van der Waals surface area contributed by atoms with Crippen molar-refractivity contribution in [3.63, 3.8) is 0 Å². The number of hydrogen-bond acceptors (Lipinski definition) is 3. The number of rotatable bonds is 5. The fourth-order valence-corrected chi connectivity index (χ4v) is 4.91. The van der Waals surface area contributed by atoms with E-state index in [9.17, 15) is 8.42 Å². The maximum Gasteiger partial charge on any atom is 0.154 e. The molecule has 0 aliphatic heterocycles. The summed E-state index contributed by atoms with van der Waals surface area (Å²) in [4.78, 5) is 0. The second-order valence-corrected chi connectivity index (χ2v) is 8.18. The summed E-state index contributed by atoms with van der Waals surface area (Å²) in [5.74, 6) is 1.29. The van der Waals surface area contributed by atoms with Gasteiger partial charge in [-0.05, 0) is 37.5 Å². The van der Waals surface area contributed by atoms with Gasteiger partial charge in [0.15, 0.2) is 9.84 Å². The molecule has 0 aromatic heterocycles. The van der Waals surface area contributed by atoms with E-state index in [1.54, 1.807) is 0 Å². The largest absolute Gasteiger partial charge is 0.327 e. The van der Waals surface area contributed by atoms with E-state index in [1.165, 1.54) is 0 Å². The van der Waals surface area contributed by atoms with Crippen LogP contribution in [0.1, 0.15) is 52.9 Å². The van der Waals surface area contributed by atoms with Gasteiger partial charge >= 0.3 is 0 Å². The predicted molar refractivity (Wildman–Crippen MR) is 72.6 cm³/mol. The maximum absolute atomic E-state index is 12.3. The molecule has 0 bridgehead atoms. The van der Waals surface area contributed by atoms with Gasteiger partial charge in [0, 0.05) is 6.04 Å². The maximum atomic E-state index is 12.3. The molecule has 4 heteroatoms. The summed E-state index contributed by atoms with van der Waals surface area (Å²) in [5, 5.41) is -0.292. The first-order chi connectivity index (χ1) is 7.86. The molecule has 1 fully saturated rings. The van der Waals surface area contributed by atoms with Crippen LogP contribution in [0.4, 0.5) is 0 Å². The second kappa shape index (κ2) is 6.19. The van der Waals surface area contributed by atoms with Crippen molar-refractivity contribution < 1.29 is 8.42 Å². The summed E-state index contributed by atoms with van der Waals surface area (Å²) in [6, 6.07) is -0.144. The predicted octanol–water partition coefficient (Wildman–Crippen LogP) is 2.35. The van der Waals surface area contributed by atoms with Crippen LogP contribution >= 0.6 is 0 Å². The van der Waals surface area contributed by atoms with Gasteiger partial charge in [0.05, 0.1) is 11.0 Å². The van der Waals surface area contributed by atoms with Gasteiger partial charge in [-0.25, -0.2) is 8.42 Å². The van der Waals surface area contributed by atoms with Crippen molar-refractivity contribution in [3.8, 4) is 0 Å². The van der Waals surface area contributed by atoms with Gasteiger partial charge in [0.1, 0.15) is 0 Å². The zero-order valence-corrected chi connectivity index (χ0v) is 12.2. The minimum absolute atomic E-state index is 0.144. The van der Waals surface area contributed by atoms with Crippen LogP contribution in [0.15, 0.2) is 0 Å². The standard InChI is InChI=1S/C13H27NO2S/c1-4-11-5-6-12(14)13(9-11)17(15,16)8-7-10(2)3/h10-13H,4-9,14H2,1-3H3. The van der Waals surface area contributed by atoms with Crippen molar-refractivity contribution in [3.05, 3.63) is 0 Å². The Labute approximate surface area is 106 Å². The Kier molecular flexibility index (Phi) is 5.45. The molecular weight excluding hydrogens is 234 g/mol. The Bertz CT molecular complexity index is 324. The van der Waals surface area contributed by atoms with Gasteiger partial charge in [-0.15, -0.1) is 0 Å². The Hall–Kier alpha value is -0.0900. The number of hydrogen-bond donors (Lipinski definition) is 1. The molecule has 0 saturated heterocycles. The van der Waals surface area contributed by atoms with E-state index in [0.717, 1.165) is 32.1 Å². The lowest BCUT2D eigenvalue weighted by Gasteiger charge is -2.33. The zero-order valence-electron chi connectivity index (χ0n) is 11.4. The third-order valence-electron chi connectivity index (χ3n) is 3.97. The minimum Gasteiger partial charge on any atom is -0.327 e. The molecule has 1 saturated carbocycles. The Balaban J connectivity index is 2.67. The summed E-state index contributed by atoms with van der Waals surface area (Å²) < 4.78 is 24.6. The first kappa shape index (κ1) is 15.0. The van der Waals surface area contributed by atoms with E-state index in [1.807, 2.05) is 0 Å². The molecular formula is C13H27NO2S. The van der Waals surface area contributed by atoms with Crippen LogP contribution in [-0.2, 0) is 9.84 Å². The van der Waals surface area contributed by atoms with E-state index >= 15 is 0 Å². The van der Waals surface area contributed by atoms with Gasteiger partial charge in [-0.1, -0.05) is 27.2 Å². The van der Waals surface area contributed by atoms with Crippen molar-refractivity contribution in [2.45, 2.75) is 64.2 Å². The average Bonchev–Trinajstić information content (AvgIpc) is 2.27. The highest BCUT2D eigenvalue weighted by molar-refractivity contribution is 7.92. The van der Waals surface area contributed by atoms with Gasteiger partial charge < -0.3 is 5.73 Å². The zero-order chi connectivity index (χ0) is 13.1. The smallest absolute Gasteiger partial charge is 0.154 e. The van der Waals surface area contributed by atoms with Gasteiger partial charge in [0.25, 0.3) is 0 Å². The molecule has 0 aromatic carbocycles. The third kappa shape index (κ3) is 4.25. The van der Waals surface area contributed by atoms with Crippen LogP contribution in [-0.4, -0.2) is 25.5 Å². The van der Waals surface area contributed by atoms with Gasteiger partial charge in [0.2, 0.25) is 0 Å². The van der Waals surface area contributed by atoms with Crippen molar-refractivity contribution in [1.29, 1.82) is 0 Å². The van der Waals surface area contributed by atoms with E-state index in [-0.39, 0.29) is 11.3 Å². The van der Waals surface area contributed by atoms with Crippen molar-refractivity contribution in [2.24, 2.45) is 17.6 Å². The molecule has 1 aliphatic carbocycles. The number of sulfone groups is 1. The Morgan fingerprint density at radius 2 is 1.94 bits per heavy atom. The molecule has 1 aliphatic rings. The molecule has 102 valence electrons. The summed E-state index contributed by atoms with van der Waals surface area (Å²) in [5.41, 5.74) is 6.01. The third-order valence-corrected chi connectivity index (χ3v) is 6.24. The summed E-state index contributed by atoms with van der Waals surface area (Å²) in [6.07, 6.45) is 4.56. The lowest BCUT2D eigenvalue weighted by atomic mass is 9.84. The first-order valence-corrected chi connectivity index (χ1v) is 8.55. The molecule has 1 rings (SSSR count). The molecule has 2 N–H and O–H groups in total. The van der Waals surface area contributed by atoms with Crippen LogP contribution in [0, 0.1) is 11.8 Å². The normalized spacial score (nSPS) is 30.8. The molecule has 0 heterocycles. The highest BCUT2D eigenvalue weighted by Gasteiger charge is 2.36. The number of nitrogens with two attached hydrogens (primary N) is 1. The lowest BCUT2D eigenvalue weighted by molar-refractivity contribution is 0.318. The van der Waals surface area contributed by atoms with Crippen molar-refractivity contribution in [2.75, 3.05) is 5.75 Å². The van der Waals surface area contributed by atoms with Crippen LogP contribution in [0.3, 0.4) is 0 Å². The molecule has 3 unspecified atom stereocenters. The highest BCUT2D eigenvalue weighted by atomic mass is 32.2. The van der Waals surface area contributed by atoms with E-state index < -0.39 is 9.84 Å². The summed E-state index contributed by atoms with van der Waals surface area (Å²) in [7, 11) is -3.00. The van der Waals surface area contributed by atoms with Crippen LogP contribution in [0.5, 0.6) is 0 Å². The average molecular weight is 261 g/mol. The topological polar surface area (TPSA) is 60.2 Å². The fourth-order valence-electron chi connectivity index (χ4n) is 2.57. The minimum atomic E-state index is -3.00. The van der Waals surface area contributed by atoms with Gasteiger partial charge in [-0.2, -0.15) is 0 Å². The van der Waals surface area contributed by atoms with Crippen LogP contribution in [0.2, 0.25) is 0 Å². The lowest BCUT2D eigenvalue weighted by Crippen LogP contribution is -2.46. The Morgan fingerprint density at radius 1 is 1.29 bits per heavy atom. The molecule has 17 heavy (non-hydrogen) atoms. The van der Waals surface area contributed by atoms with Gasteiger partial charge in [-0.3, -0.25) is 0 Å². The molecule has 3 atom stereocenters. The molecule has 0 amide bonds. The highest BCUT2D eigenvalue weighted by Crippen LogP contribution is 2.30. The molecule has 3 nitrogen and oxygen atoms in total. The quantitative estimate of drug-likeness (QED) is 0.826. The fraction of sp³-hybridized carbons (Fsp3) is 1.00. The van der Waals surface area contributed by atoms with E-state index in [2.05, 4.69) is 20.8 Å². The van der Waals surface area contributed by atoms with E-state index in [0.29, 0.717) is 17.6 Å². The van der Waals surface area contributed by atoms with E-state index in [4.69, 9.17) is 5.73 Å². The van der Waals surface area contributed by atoms with Crippen molar-refractivity contribution in [1.82, 2.24) is 0 Å². The SMILES string of the molecule is CCC1CCC(N)C(S(=O)(=O)CCC(C)C)C1. The Morgan fingerprint density at radius 3 is 2.47 bits per heavy atom. The van der Waals surface area contributed by atoms with Crippen LogP contribution in [0.25, 0.3) is 0 Å². The second-order valence-electron chi connectivity index (χ2n) is 5.84. The monoisotopic (exact) mass is 261 g/mol. The molecule has 0 radical (unpaired) electrons. The molecule has 0 aromatic rings. The van der Waals surface area contributed by atoms with Crippen LogP contribution < -0.4 is 5.73 Å². The summed E-state index contributed by atoms with van der Waals surface area (Å²) >= 11 is 0.